The van der Waals surface area contributed by atoms with E-state index >= 15 is 0 Å². The van der Waals surface area contributed by atoms with Gasteiger partial charge < -0.3 is 10.2 Å². The molecule has 6 heteroatoms. The number of aryl methyl sites for hydroxylation is 2. The molecule has 2 atom stereocenters. The van der Waals surface area contributed by atoms with Crippen molar-refractivity contribution in [3.8, 4) is 0 Å². The quantitative estimate of drug-likeness (QED) is 0.889. The summed E-state index contributed by atoms with van der Waals surface area (Å²) in [6.07, 6.45) is 3.20. The van der Waals surface area contributed by atoms with Crippen molar-refractivity contribution in [3.63, 3.8) is 0 Å². The standard InChI is InChI=1S/C15H23N5S/c1-11-9-20(10-12(2)16-11)15-17-14(18-19-15)7-3-5-13-6-4-8-21-13/h4,6,8,11-12,16H,3,5,7,9-10H2,1-2H3,(H,17,18,19). The third-order valence-electron chi connectivity index (χ3n) is 3.78. The van der Waals surface area contributed by atoms with Crippen molar-refractivity contribution < 1.29 is 0 Å². The fraction of sp³-hybridized carbons (Fsp3) is 0.600. The number of anilines is 1. The monoisotopic (exact) mass is 305 g/mol. The molecule has 2 aromatic rings. The molecule has 1 saturated heterocycles. The Hall–Kier alpha value is -1.40. The van der Waals surface area contributed by atoms with Crippen LogP contribution in [0.5, 0.6) is 0 Å². The molecule has 0 saturated carbocycles. The van der Waals surface area contributed by atoms with Gasteiger partial charge in [0.2, 0.25) is 5.95 Å². The molecule has 0 amide bonds. The summed E-state index contributed by atoms with van der Waals surface area (Å²) in [5.74, 6) is 1.85. The van der Waals surface area contributed by atoms with Crippen LogP contribution in [0.25, 0.3) is 0 Å². The highest BCUT2D eigenvalue weighted by Crippen LogP contribution is 2.15. The maximum Gasteiger partial charge on any atom is 0.244 e. The lowest BCUT2D eigenvalue weighted by atomic mass is 10.1. The lowest BCUT2D eigenvalue weighted by molar-refractivity contribution is 0.403. The molecule has 1 fully saturated rings. The molecule has 0 bridgehead atoms. The third-order valence-corrected chi connectivity index (χ3v) is 4.71. The fourth-order valence-electron chi connectivity index (χ4n) is 2.91. The van der Waals surface area contributed by atoms with E-state index in [0.29, 0.717) is 12.1 Å². The van der Waals surface area contributed by atoms with Crippen LogP contribution in [0.15, 0.2) is 17.5 Å². The Balaban J connectivity index is 1.53. The van der Waals surface area contributed by atoms with Gasteiger partial charge in [-0.05, 0) is 38.1 Å². The summed E-state index contributed by atoms with van der Waals surface area (Å²) in [4.78, 5) is 8.37. The largest absolute Gasteiger partial charge is 0.336 e. The van der Waals surface area contributed by atoms with Gasteiger partial charge in [0.25, 0.3) is 0 Å². The highest BCUT2D eigenvalue weighted by molar-refractivity contribution is 7.09. The van der Waals surface area contributed by atoms with E-state index in [1.165, 1.54) is 4.88 Å². The molecule has 21 heavy (non-hydrogen) atoms. The zero-order valence-corrected chi connectivity index (χ0v) is 13.5. The molecule has 1 aliphatic heterocycles. The van der Waals surface area contributed by atoms with Gasteiger partial charge in [0.15, 0.2) is 0 Å². The second kappa shape index (κ2) is 6.58. The van der Waals surface area contributed by atoms with Gasteiger partial charge in [0, 0.05) is 36.5 Å². The number of nitrogens with zero attached hydrogens (tertiary/aromatic N) is 3. The lowest BCUT2D eigenvalue weighted by Crippen LogP contribution is -2.54. The van der Waals surface area contributed by atoms with Gasteiger partial charge >= 0.3 is 0 Å². The van der Waals surface area contributed by atoms with E-state index in [4.69, 9.17) is 0 Å². The average molecular weight is 305 g/mol. The van der Waals surface area contributed by atoms with Crippen LogP contribution in [-0.4, -0.2) is 40.4 Å². The molecule has 0 aromatic carbocycles. The van der Waals surface area contributed by atoms with Crippen molar-refractivity contribution in [3.05, 3.63) is 28.2 Å². The molecule has 2 N–H and O–H groups in total. The van der Waals surface area contributed by atoms with E-state index < -0.39 is 0 Å². The third kappa shape index (κ3) is 3.83. The Morgan fingerprint density at radius 1 is 1.29 bits per heavy atom. The number of hydrogen-bond acceptors (Lipinski definition) is 5. The van der Waals surface area contributed by atoms with E-state index in [0.717, 1.165) is 44.1 Å². The Labute approximate surface area is 129 Å². The molecule has 0 spiro atoms. The van der Waals surface area contributed by atoms with Crippen molar-refractivity contribution in [2.24, 2.45) is 0 Å². The highest BCUT2D eigenvalue weighted by Gasteiger charge is 2.23. The first-order chi connectivity index (χ1) is 10.2. The molecule has 3 heterocycles. The molecule has 1 aliphatic rings. The molecule has 5 nitrogen and oxygen atoms in total. The Morgan fingerprint density at radius 2 is 2.10 bits per heavy atom. The van der Waals surface area contributed by atoms with Gasteiger partial charge in [-0.3, -0.25) is 5.10 Å². The number of aromatic amines is 1. The molecular formula is C15H23N5S. The minimum atomic E-state index is 0.481. The van der Waals surface area contributed by atoms with Crippen molar-refractivity contribution in [1.29, 1.82) is 0 Å². The second-order valence-electron chi connectivity index (χ2n) is 5.89. The average Bonchev–Trinajstić information content (AvgIpc) is 3.09. The fourth-order valence-corrected chi connectivity index (χ4v) is 3.66. The van der Waals surface area contributed by atoms with Crippen LogP contribution < -0.4 is 10.2 Å². The molecule has 0 radical (unpaired) electrons. The lowest BCUT2D eigenvalue weighted by Gasteiger charge is -2.35. The molecular weight excluding hydrogens is 282 g/mol. The summed E-state index contributed by atoms with van der Waals surface area (Å²) in [5, 5.41) is 13.1. The summed E-state index contributed by atoms with van der Waals surface area (Å²) in [6, 6.07) is 5.27. The van der Waals surface area contributed by atoms with Crippen LogP contribution in [0.2, 0.25) is 0 Å². The predicted molar refractivity (Wildman–Crippen MR) is 87.0 cm³/mol. The predicted octanol–water partition coefficient (Wildman–Crippen LogP) is 2.23. The first kappa shape index (κ1) is 14.5. The number of thiophene rings is 1. The van der Waals surface area contributed by atoms with Gasteiger partial charge in [-0.25, -0.2) is 0 Å². The second-order valence-corrected chi connectivity index (χ2v) is 6.92. The van der Waals surface area contributed by atoms with Crippen molar-refractivity contribution >= 4 is 17.3 Å². The van der Waals surface area contributed by atoms with Crippen LogP contribution in [-0.2, 0) is 12.8 Å². The van der Waals surface area contributed by atoms with Gasteiger partial charge in [0.1, 0.15) is 5.82 Å². The summed E-state index contributed by atoms with van der Waals surface area (Å²) < 4.78 is 0. The van der Waals surface area contributed by atoms with E-state index in [1.807, 2.05) is 11.3 Å². The number of piperazine rings is 1. The molecule has 0 aliphatic carbocycles. The number of rotatable bonds is 5. The van der Waals surface area contributed by atoms with E-state index in [1.54, 1.807) is 0 Å². The van der Waals surface area contributed by atoms with Gasteiger partial charge in [-0.1, -0.05) is 6.07 Å². The van der Waals surface area contributed by atoms with Crippen LogP contribution in [0.3, 0.4) is 0 Å². The normalized spacial score (nSPS) is 22.7. The SMILES string of the molecule is CC1CN(c2n[nH]c(CCCc3cccs3)n2)CC(C)N1. The Bertz CT molecular complexity index is 540. The van der Waals surface area contributed by atoms with Crippen LogP contribution >= 0.6 is 11.3 Å². The summed E-state index contributed by atoms with van der Waals surface area (Å²) in [7, 11) is 0. The topological polar surface area (TPSA) is 56.8 Å². The van der Waals surface area contributed by atoms with Crippen LogP contribution in [0.4, 0.5) is 5.95 Å². The first-order valence-electron chi connectivity index (χ1n) is 7.65. The zero-order valence-electron chi connectivity index (χ0n) is 12.7. The van der Waals surface area contributed by atoms with Crippen LogP contribution in [0, 0.1) is 0 Å². The minimum absolute atomic E-state index is 0.481. The van der Waals surface area contributed by atoms with E-state index in [9.17, 15) is 0 Å². The number of aromatic nitrogens is 3. The van der Waals surface area contributed by atoms with Crippen molar-refractivity contribution in [1.82, 2.24) is 20.5 Å². The van der Waals surface area contributed by atoms with Crippen molar-refractivity contribution in [2.75, 3.05) is 18.0 Å². The van der Waals surface area contributed by atoms with Gasteiger partial charge in [-0.2, -0.15) is 4.98 Å². The maximum atomic E-state index is 4.66. The van der Waals surface area contributed by atoms with Gasteiger partial charge in [-0.15, -0.1) is 16.4 Å². The highest BCUT2D eigenvalue weighted by atomic mass is 32.1. The first-order valence-corrected chi connectivity index (χ1v) is 8.53. The summed E-state index contributed by atoms with van der Waals surface area (Å²) >= 11 is 1.83. The van der Waals surface area contributed by atoms with Crippen molar-refractivity contribution in [2.45, 2.75) is 45.2 Å². The number of H-pyrrole nitrogens is 1. The molecule has 3 rings (SSSR count). The van der Waals surface area contributed by atoms with E-state index in [2.05, 4.69) is 56.8 Å². The maximum absolute atomic E-state index is 4.66. The number of hydrogen-bond donors (Lipinski definition) is 2. The minimum Gasteiger partial charge on any atom is -0.336 e. The van der Waals surface area contributed by atoms with E-state index in [-0.39, 0.29) is 0 Å². The summed E-state index contributed by atoms with van der Waals surface area (Å²) in [5.41, 5.74) is 0. The van der Waals surface area contributed by atoms with Gasteiger partial charge in [0.05, 0.1) is 0 Å². The Morgan fingerprint density at radius 3 is 2.81 bits per heavy atom. The van der Waals surface area contributed by atoms with Crippen LogP contribution in [0.1, 0.15) is 31.0 Å². The smallest absolute Gasteiger partial charge is 0.244 e. The number of nitrogens with one attached hydrogen (secondary N) is 2. The molecule has 2 aromatic heterocycles. The molecule has 2 unspecified atom stereocenters. The zero-order chi connectivity index (χ0) is 14.7. The Kier molecular flexibility index (Phi) is 4.55. The molecule has 114 valence electrons. The summed E-state index contributed by atoms with van der Waals surface area (Å²) in [6.45, 7) is 6.35.